The van der Waals surface area contributed by atoms with Crippen molar-refractivity contribution in [1.82, 2.24) is 0 Å². The first kappa shape index (κ1) is 23.1. The van der Waals surface area contributed by atoms with E-state index in [2.05, 4.69) is 0 Å². The van der Waals surface area contributed by atoms with E-state index >= 15 is 0 Å². The summed E-state index contributed by atoms with van der Waals surface area (Å²) in [6, 6.07) is 13.6. The Balaban J connectivity index is 1.22. The zero-order chi connectivity index (χ0) is 24.5. The first-order valence-electron chi connectivity index (χ1n) is 12.2. The molecule has 3 fully saturated rings. The molecule has 8 heteroatoms. The van der Waals surface area contributed by atoms with Gasteiger partial charge in [0.05, 0.1) is 30.0 Å². The van der Waals surface area contributed by atoms with Crippen LogP contribution in [0.4, 0.5) is 11.4 Å². The third-order valence-electron chi connectivity index (χ3n) is 7.07. The summed E-state index contributed by atoms with van der Waals surface area (Å²) in [5, 5.41) is 0. The van der Waals surface area contributed by atoms with Crippen molar-refractivity contribution in [2.75, 3.05) is 23.0 Å². The molecule has 5 rings (SSSR count). The third kappa shape index (κ3) is 4.40. The van der Waals surface area contributed by atoms with Crippen LogP contribution >= 0.6 is 0 Å². The molecule has 2 saturated heterocycles. The Hall–Kier alpha value is -3.68. The normalized spacial score (nSPS) is 24.0. The number of hydrogen-bond acceptors (Lipinski definition) is 6. The summed E-state index contributed by atoms with van der Waals surface area (Å²) < 4.78 is 11.0. The molecule has 0 spiro atoms. The topological polar surface area (TPSA) is 93.2 Å². The summed E-state index contributed by atoms with van der Waals surface area (Å²) in [6.45, 7) is 2.70. The van der Waals surface area contributed by atoms with Crippen LogP contribution in [0.1, 0.15) is 39.0 Å². The van der Waals surface area contributed by atoms with Crippen molar-refractivity contribution in [3.63, 3.8) is 0 Å². The molecule has 0 radical (unpaired) electrons. The highest BCUT2D eigenvalue weighted by atomic mass is 16.5. The van der Waals surface area contributed by atoms with Crippen LogP contribution in [0.25, 0.3) is 0 Å². The maximum atomic E-state index is 12.8. The van der Waals surface area contributed by atoms with E-state index in [0.29, 0.717) is 23.7 Å². The Morgan fingerprint density at radius 1 is 0.857 bits per heavy atom. The van der Waals surface area contributed by atoms with E-state index in [9.17, 15) is 19.2 Å². The Labute approximate surface area is 203 Å². The van der Waals surface area contributed by atoms with Gasteiger partial charge in [0.15, 0.2) is 0 Å². The Morgan fingerprint density at radius 2 is 1.43 bits per heavy atom. The molecule has 2 heterocycles. The number of ether oxygens (including phenoxy) is 2. The van der Waals surface area contributed by atoms with Crippen LogP contribution in [-0.2, 0) is 19.2 Å². The van der Waals surface area contributed by atoms with Gasteiger partial charge in [-0.1, -0.05) is 12.8 Å². The highest BCUT2D eigenvalue weighted by Crippen LogP contribution is 2.40. The molecule has 3 atom stereocenters. The van der Waals surface area contributed by atoms with Crippen LogP contribution in [0.5, 0.6) is 11.5 Å². The SMILES string of the molecule is CCOc1ccc(N2C[C@@H](C(=O)Oc3ccc(N4C(=O)[C@H]5CCCC[C@H]5C4=O)cc3)CC2=O)cc1. The summed E-state index contributed by atoms with van der Waals surface area (Å²) >= 11 is 0. The molecule has 1 aliphatic carbocycles. The number of esters is 1. The number of amides is 3. The van der Waals surface area contributed by atoms with Gasteiger partial charge >= 0.3 is 5.97 Å². The van der Waals surface area contributed by atoms with Crippen molar-refractivity contribution in [3.8, 4) is 11.5 Å². The van der Waals surface area contributed by atoms with Crippen LogP contribution in [0.3, 0.4) is 0 Å². The molecular weight excluding hydrogens is 448 g/mol. The molecule has 0 aromatic heterocycles. The lowest BCUT2D eigenvalue weighted by Crippen LogP contribution is -2.30. The van der Waals surface area contributed by atoms with Gasteiger partial charge in [-0.25, -0.2) is 0 Å². The number of rotatable bonds is 6. The highest BCUT2D eigenvalue weighted by molar-refractivity contribution is 6.22. The average Bonchev–Trinajstić information content (AvgIpc) is 3.38. The minimum Gasteiger partial charge on any atom is -0.494 e. The van der Waals surface area contributed by atoms with Crippen molar-refractivity contribution in [3.05, 3.63) is 48.5 Å². The zero-order valence-corrected chi connectivity index (χ0v) is 19.6. The molecule has 3 amide bonds. The van der Waals surface area contributed by atoms with Gasteiger partial charge in [0, 0.05) is 18.7 Å². The molecule has 2 aliphatic heterocycles. The maximum Gasteiger partial charge on any atom is 0.316 e. The molecule has 2 aromatic rings. The lowest BCUT2D eigenvalue weighted by atomic mass is 9.81. The predicted octanol–water partition coefficient (Wildman–Crippen LogP) is 3.72. The van der Waals surface area contributed by atoms with E-state index in [0.717, 1.165) is 31.4 Å². The van der Waals surface area contributed by atoms with Crippen molar-refractivity contribution in [1.29, 1.82) is 0 Å². The predicted molar refractivity (Wildman–Crippen MR) is 128 cm³/mol. The first-order chi connectivity index (χ1) is 17.0. The highest BCUT2D eigenvalue weighted by Gasteiger charge is 2.48. The number of imide groups is 1. The molecular formula is C27H28N2O6. The summed E-state index contributed by atoms with van der Waals surface area (Å²) in [5.41, 5.74) is 1.20. The van der Waals surface area contributed by atoms with Crippen molar-refractivity contribution in [2.24, 2.45) is 17.8 Å². The molecule has 0 bridgehead atoms. The second kappa shape index (κ2) is 9.52. The minimum absolute atomic E-state index is 0.0731. The molecule has 1 saturated carbocycles. The van der Waals surface area contributed by atoms with Gasteiger partial charge < -0.3 is 14.4 Å². The van der Waals surface area contributed by atoms with Gasteiger partial charge in [0.2, 0.25) is 17.7 Å². The lowest BCUT2D eigenvalue weighted by molar-refractivity contribution is -0.139. The van der Waals surface area contributed by atoms with E-state index in [1.807, 2.05) is 6.92 Å². The van der Waals surface area contributed by atoms with Gasteiger partial charge in [0.1, 0.15) is 11.5 Å². The van der Waals surface area contributed by atoms with Crippen molar-refractivity contribution >= 4 is 35.1 Å². The second-order valence-electron chi connectivity index (χ2n) is 9.26. The van der Waals surface area contributed by atoms with Crippen LogP contribution in [0.2, 0.25) is 0 Å². The molecule has 8 nitrogen and oxygen atoms in total. The third-order valence-corrected chi connectivity index (χ3v) is 7.07. The van der Waals surface area contributed by atoms with Crippen LogP contribution in [0, 0.1) is 17.8 Å². The lowest BCUT2D eigenvalue weighted by Gasteiger charge is -2.19. The van der Waals surface area contributed by atoms with Gasteiger partial charge in [-0.3, -0.25) is 24.1 Å². The molecule has 0 unspecified atom stereocenters. The number of hydrogen-bond donors (Lipinski definition) is 0. The quantitative estimate of drug-likeness (QED) is 0.358. The Morgan fingerprint density at radius 3 is 2.03 bits per heavy atom. The summed E-state index contributed by atoms with van der Waals surface area (Å²) in [4.78, 5) is 53.7. The van der Waals surface area contributed by atoms with Crippen LogP contribution < -0.4 is 19.3 Å². The molecule has 182 valence electrons. The largest absolute Gasteiger partial charge is 0.494 e. The van der Waals surface area contributed by atoms with Crippen molar-refractivity contribution < 1.29 is 28.7 Å². The number of nitrogens with zero attached hydrogens (tertiary/aromatic N) is 2. The van der Waals surface area contributed by atoms with Gasteiger partial charge in [0.25, 0.3) is 0 Å². The Kier molecular flexibility index (Phi) is 6.28. The summed E-state index contributed by atoms with van der Waals surface area (Å²) in [7, 11) is 0. The standard InChI is InChI=1S/C27H28N2O6/c1-2-34-20-11-7-18(8-12-20)28-16-17(15-24(28)30)27(33)35-21-13-9-19(10-14-21)29-25(31)22-5-3-4-6-23(22)26(29)32/h7-14,17,22-23H,2-6,15-16H2,1H3/t17-,22-,23+/m0/s1. The average molecular weight is 477 g/mol. The number of carbonyl (C=O) groups excluding carboxylic acids is 4. The fraction of sp³-hybridized carbons (Fsp3) is 0.407. The number of carbonyl (C=O) groups is 4. The van der Waals surface area contributed by atoms with Crippen LogP contribution in [-0.4, -0.2) is 36.8 Å². The number of anilines is 2. The van der Waals surface area contributed by atoms with Gasteiger partial charge in [-0.2, -0.15) is 0 Å². The van der Waals surface area contributed by atoms with Gasteiger partial charge in [-0.15, -0.1) is 0 Å². The molecule has 35 heavy (non-hydrogen) atoms. The van der Waals surface area contributed by atoms with E-state index in [4.69, 9.17) is 9.47 Å². The molecule has 0 N–H and O–H groups in total. The minimum atomic E-state index is -0.585. The van der Waals surface area contributed by atoms with E-state index < -0.39 is 11.9 Å². The fourth-order valence-electron chi connectivity index (χ4n) is 5.28. The smallest absolute Gasteiger partial charge is 0.316 e. The number of fused-ring (bicyclic) bond motifs is 1. The fourth-order valence-corrected chi connectivity index (χ4v) is 5.28. The van der Waals surface area contributed by atoms with Gasteiger partial charge in [-0.05, 0) is 68.3 Å². The van der Waals surface area contributed by atoms with E-state index in [1.165, 1.54) is 4.90 Å². The Bertz CT molecular complexity index is 1120. The monoisotopic (exact) mass is 476 g/mol. The van der Waals surface area contributed by atoms with E-state index in [-0.39, 0.29) is 42.5 Å². The summed E-state index contributed by atoms with van der Waals surface area (Å²) in [5.74, 6) is -0.886. The second-order valence-corrected chi connectivity index (χ2v) is 9.26. The van der Waals surface area contributed by atoms with Crippen molar-refractivity contribution in [2.45, 2.75) is 39.0 Å². The zero-order valence-electron chi connectivity index (χ0n) is 19.6. The first-order valence-corrected chi connectivity index (χ1v) is 12.2. The number of benzene rings is 2. The van der Waals surface area contributed by atoms with Crippen LogP contribution in [0.15, 0.2) is 48.5 Å². The van der Waals surface area contributed by atoms with E-state index in [1.54, 1.807) is 53.4 Å². The molecule has 2 aromatic carbocycles. The maximum absolute atomic E-state index is 12.8. The summed E-state index contributed by atoms with van der Waals surface area (Å²) in [6.07, 6.45) is 3.54. The molecule has 3 aliphatic rings.